The van der Waals surface area contributed by atoms with Crippen LogP contribution in [0.5, 0.6) is 0 Å². The highest BCUT2D eigenvalue weighted by Gasteiger charge is 2.29. The maximum absolute atomic E-state index is 5.94. The van der Waals surface area contributed by atoms with E-state index >= 15 is 0 Å². The van der Waals surface area contributed by atoms with Crippen LogP contribution in [-0.2, 0) is 11.2 Å². The SMILES string of the molecule is CC1CN(CC2Cc3ccccc3S2)CC(CCl)O1. The molecule has 19 heavy (non-hydrogen) atoms. The molecule has 0 amide bonds. The van der Waals surface area contributed by atoms with Gasteiger partial charge in [0, 0.05) is 35.7 Å². The Morgan fingerprint density at radius 2 is 2.21 bits per heavy atom. The smallest absolute Gasteiger partial charge is 0.0841 e. The standard InChI is InChI=1S/C15H20ClNOS/c1-11-8-17(9-13(7-16)18-11)10-14-6-12-4-2-3-5-15(12)19-14/h2-5,11,13-14H,6-10H2,1H3. The first kappa shape index (κ1) is 13.7. The largest absolute Gasteiger partial charge is 0.371 e. The van der Waals surface area contributed by atoms with Crippen LogP contribution in [0, 0.1) is 0 Å². The third-order valence-corrected chi connectivity index (χ3v) is 5.40. The molecule has 104 valence electrons. The van der Waals surface area contributed by atoms with Crippen LogP contribution in [0.25, 0.3) is 0 Å². The maximum atomic E-state index is 5.94. The van der Waals surface area contributed by atoms with Crippen molar-refractivity contribution in [2.24, 2.45) is 0 Å². The average molecular weight is 298 g/mol. The summed E-state index contributed by atoms with van der Waals surface area (Å²) < 4.78 is 5.81. The highest BCUT2D eigenvalue weighted by molar-refractivity contribution is 8.00. The second-order valence-electron chi connectivity index (χ2n) is 5.49. The minimum absolute atomic E-state index is 0.194. The van der Waals surface area contributed by atoms with E-state index in [1.807, 2.05) is 11.8 Å². The Balaban J connectivity index is 1.58. The highest BCUT2D eigenvalue weighted by atomic mass is 35.5. The minimum Gasteiger partial charge on any atom is -0.371 e. The molecule has 0 N–H and O–H groups in total. The Hall–Kier alpha value is -0.220. The molecule has 3 rings (SSSR count). The van der Waals surface area contributed by atoms with E-state index in [2.05, 4.69) is 36.1 Å². The average Bonchev–Trinajstić information content (AvgIpc) is 2.80. The molecule has 2 aliphatic heterocycles. The molecule has 2 heterocycles. The molecular weight excluding hydrogens is 278 g/mol. The van der Waals surface area contributed by atoms with Gasteiger partial charge in [0.2, 0.25) is 0 Å². The van der Waals surface area contributed by atoms with Crippen molar-refractivity contribution in [1.29, 1.82) is 0 Å². The number of rotatable bonds is 3. The van der Waals surface area contributed by atoms with Crippen LogP contribution in [0.2, 0.25) is 0 Å². The zero-order chi connectivity index (χ0) is 13.2. The number of hydrogen-bond acceptors (Lipinski definition) is 3. The predicted molar refractivity (Wildman–Crippen MR) is 81.3 cm³/mol. The summed E-state index contributed by atoms with van der Waals surface area (Å²) in [6.45, 7) is 5.28. The Morgan fingerprint density at radius 3 is 3.00 bits per heavy atom. The first-order chi connectivity index (χ1) is 9.24. The number of benzene rings is 1. The van der Waals surface area contributed by atoms with E-state index in [0.29, 0.717) is 17.2 Å². The van der Waals surface area contributed by atoms with Gasteiger partial charge in [-0.1, -0.05) is 18.2 Å². The van der Waals surface area contributed by atoms with Crippen molar-refractivity contribution in [1.82, 2.24) is 4.90 Å². The van der Waals surface area contributed by atoms with Crippen molar-refractivity contribution < 1.29 is 4.74 Å². The molecule has 2 aliphatic rings. The van der Waals surface area contributed by atoms with Crippen LogP contribution in [0.3, 0.4) is 0 Å². The number of hydrogen-bond donors (Lipinski definition) is 0. The van der Waals surface area contributed by atoms with Gasteiger partial charge in [-0.2, -0.15) is 0 Å². The summed E-state index contributed by atoms with van der Waals surface area (Å²) in [5, 5.41) is 0.679. The molecule has 0 aliphatic carbocycles. The number of nitrogens with zero attached hydrogens (tertiary/aromatic N) is 1. The summed E-state index contributed by atoms with van der Waals surface area (Å²) in [5.74, 6) is 0.596. The summed E-state index contributed by atoms with van der Waals surface area (Å²) in [4.78, 5) is 3.98. The van der Waals surface area contributed by atoms with Crippen LogP contribution in [0.15, 0.2) is 29.2 Å². The van der Waals surface area contributed by atoms with Gasteiger partial charge >= 0.3 is 0 Å². The molecule has 1 aromatic carbocycles. The van der Waals surface area contributed by atoms with Gasteiger partial charge in [-0.15, -0.1) is 23.4 Å². The number of ether oxygens (including phenoxy) is 1. The van der Waals surface area contributed by atoms with E-state index in [-0.39, 0.29) is 6.10 Å². The molecule has 0 spiro atoms. The zero-order valence-corrected chi connectivity index (χ0v) is 12.8. The number of thioether (sulfide) groups is 1. The molecule has 3 unspecified atom stereocenters. The summed E-state index contributed by atoms with van der Waals surface area (Å²) in [7, 11) is 0. The van der Waals surface area contributed by atoms with Crippen molar-refractivity contribution in [2.45, 2.75) is 35.7 Å². The Morgan fingerprint density at radius 1 is 1.37 bits per heavy atom. The van der Waals surface area contributed by atoms with Gasteiger partial charge < -0.3 is 4.74 Å². The van der Waals surface area contributed by atoms with Gasteiger partial charge in [-0.05, 0) is 25.0 Å². The lowest BCUT2D eigenvalue weighted by molar-refractivity contribution is -0.0659. The van der Waals surface area contributed by atoms with Gasteiger partial charge in [0.05, 0.1) is 12.2 Å². The van der Waals surface area contributed by atoms with Gasteiger partial charge in [0.1, 0.15) is 0 Å². The molecule has 0 radical (unpaired) electrons. The van der Waals surface area contributed by atoms with Gasteiger partial charge in [-0.3, -0.25) is 4.90 Å². The molecule has 3 atom stereocenters. The Labute approximate surface area is 124 Å². The lowest BCUT2D eigenvalue weighted by Crippen LogP contribution is -2.49. The molecule has 1 aromatic rings. The van der Waals surface area contributed by atoms with E-state index in [0.717, 1.165) is 19.6 Å². The van der Waals surface area contributed by atoms with Crippen LogP contribution >= 0.6 is 23.4 Å². The maximum Gasteiger partial charge on any atom is 0.0841 e. The van der Waals surface area contributed by atoms with Crippen molar-refractivity contribution in [3.63, 3.8) is 0 Å². The molecule has 0 bridgehead atoms. The topological polar surface area (TPSA) is 12.5 Å². The summed E-state index contributed by atoms with van der Waals surface area (Å²) in [6, 6.07) is 8.77. The van der Waals surface area contributed by atoms with E-state index in [4.69, 9.17) is 16.3 Å². The lowest BCUT2D eigenvalue weighted by Gasteiger charge is -2.37. The van der Waals surface area contributed by atoms with Crippen molar-refractivity contribution in [3.8, 4) is 0 Å². The second-order valence-corrected chi connectivity index (χ2v) is 7.14. The van der Waals surface area contributed by atoms with Gasteiger partial charge in [-0.25, -0.2) is 0 Å². The van der Waals surface area contributed by atoms with E-state index in [1.54, 1.807) is 0 Å². The van der Waals surface area contributed by atoms with Crippen LogP contribution in [0.4, 0.5) is 0 Å². The van der Waals surface area contributed by atoms with Crippen LogP contribution in [-0.4, -0.2) is 47.9 Å². The second kappa shape index (κ2) is 6.04. The number of fused-ring (bicyclic) bond motifs is 1. The molecule has 1 saturated heterocycles. The molecule has 0 aromatic heterocycles. The highest BCUT2D eigenvalue weighted by Crippen LogP contribution is 2.37. The number of morpholine rings is 1. The zero-order valence-electron chi connectivity index (χ0n) is 11.2. The van der Waals surface area contributed by atoms with Crippen molar-refractivity contribution in [2.75, 3.05) is 25.5 Å². The van der Waals surface area contributed by atoms with Crippen LogP contribution in [0.1, 0.15) is 12.5 Å². The third-order valence-electron chi connectivity index (χ3n) is 3.75. The van der Waals surface area contributed by atoms with Crippen LogP contribution < -0.4 is 0 Å². The van der Waals surface area contributed by atoms with Gasteiger partial charge in [0.25, 0.3) is 0 Å². The first-order valence-electron chi connectivity index (χ1n) is 6.93. The minimum atomic E-state index is 0.194. The first-order valence-corrected chi connectivity index (χ1v) is 8.34. The van der Waals surface area contributed by atoms with E-state index in [1.165, 1.54) is 16.9 Å². The molecular formula is C15H20ClNOS. The summed E-state index contributed by atoms with van der Waals surface area (Å²) in [5.41, 5.74) is 1.51. The van der Waals surface area contributed by atoms with Crippen molar-refractivity contribution in [3.05, 3.63) is 29.8 Å². The van der Waals surface area contributed by atoms with Crippen molar-refractivity contribution >= 4 is 23.4 Å². The Kier molecular flexibility index (Phi) is 4.37. The van der Waals surface area contributed by atoms with Gasteiger partial charge in [0.15, 0.2) is 0 Å². The fourth-order valence-corrected chi connectivity index (χ4v) is 4.56. The Bertz CT molecular complexity index is 417. The normalized spacial score (nSPS) is 31.4. The summed E-state index contributed by atoms with van der Waals surface area (Å²) in [6.07, 6.45) is 1.68. The predicted octanol–water partition coefficient (Wildman–Crippen LogP) is 3.03. The number of halogens is 1. The number of alkyl halides is 1. The fraction of sp³-hybridized carbons (Fsp3) is 0.600. The van der Waals surface area contributed by atoms with E-state index < -0.39 is 0 Å². The fourth-order valence-electron chi connectivity index (χ4n) is 3.02. The molecule has 2 nitrogen and oxygen atoms in total. The lowest BCUT2D eigenvalue weighted by atomic mass is 10.1. The van der Waals surface area contributed by atoms with E-state index in [9.17, 15) is 0 Å². The molecule has 1 fully saturated rings. The molecule has 0 saturated carbocycles. The third kappa shape index (κ3) is 3.27. The quantitative estimate of drug-likeness (QED) is 0.796. The monoisotopic (exact) mass is 297 g/mol. The molecule has 4 heteroatoms. The summed E-state index contributed by atoms with van der Waals surface area (Å²) >= 11 is 7.97.